The van der Waals surface area contributed by atoms with Crippen LogP contribution in [0.15, 0.2) is 60.8 Å². The highest BCUT2D eigenvalue weighted by Crippen LogP contribution is 2.27. The molecule has 0 bridgehead atoms. The number of hydrogen-bond donors (Lipinski definition) is 1. The number of hydrogen-bond acceptors (Lipinski definition) is 5. The molecule has 26 heavy (non-hydrogen) atoms. The van der Waals surface area contributed by atoms with Crippen LogP contribution in [0.2, 0.25) is 5.02 Å². The Kier molecular flexibility index (Phi) is 3.98. The maximum Gasteiger partial charge on any atom is 0.269 e. The van der Waals surface area contributed by atoms with Gasteiger partial charge in [-0.15, -0.1) is 0 Å². The molecule has 1 N–H and O–H groups in total. The minimum absolute atomic E-state index is 0.00658. The van der Waals surface area contributed by atoms with E-state index < -0.39 is 4.92 Å². The van der Waals surface area contributed by atoms with Crippen LogP contribution in [0, 0.1) is 10.1 Å². The molecular formula is C18H11ClN4O3. The number of aromatic amines is 1. The molecule has 0 unspecified atom stereocenters. The molecule has 8 heteroatoms. The molecule has 4 rings (SSSR count). The lowest BCUT2D eigenvalue weighted by Gasteiger charge is -2.04. The number of halogens is 1. The van der Waals surface area contributed by atoms with Crippen LogP contribution in [-0.2, 0) is 0 Å². The Morgan fingerprint density at radius 1 is 1.04 bits per heavy atom. The molecule has 128 valence electrons. The number of benzene rings is 2. The minimum Gasteiger partial charge on any atom is -0.456 e. The molecule has 0 aliphatic rings. The van der Waals surface area contributed by atoms with Crippen LogP contribution in [0.1, 0.15) is 0 Å². The maximum absolute atomic E-state index is 10.7. The first-order valence-electron chi connectivity index (χ1n) is 7.62. The van der Waals surface area contributed by atoms with Crippen LogP contribution >= 0.6 is 11.6 Å². The van der Waals surface area contributed by atoms with Gasteiger partial charge in [-0.1, -0.05) is 11.6 Å². The number of imidazole rings is 1. The first-order chi connectivity index (χ1) is 12.6. The molecule has 2 heterocycles. The predicted molar refractivity (Wildman–Crippen MR) is 97.5 cm³/mol. The molecule has 0 spiro atoms. The van der Waals surface area contributed by atoms with Gasteiger partial charge in [0.05, 0.1) is 16.6 Å². The van der Waals surface area contributed by atoms with Crippen molar-refractivity contribution in [3.8, 4) is 22.9 Å². The molecule has 0 saturated carbocycles. The Morgan fingerprint density at radius 2 is 1.77 bits per heavy atom. The standard InChI is InChI=1S/C18H11ClN4O3/c19-12-3-1-11(2-4-12)17-21-16-9-15(10-20-18(16)22-17)26-14-7-5-13(6-8-14)23(24)25/h1-10H,(H,20,21,22). The fourth-order valence-corrected chi connectivity index (χ4v) is 2.58. The summed E-state index contributed by atoms with van der Waals surface area (Å²) in [6.07, 6.45) is 1.55. The SMILES string of the molecule is O=[N+]([O-])c1ccc(Oc2cnc3nc(-c4ccc(Cl)cc4)[nH]c3c2)cc1. The number of nitrogens with zero attached hydrogens (tertiary/aromatic N) is 3. The first-order valence-corrected chi connectivity index (χ1v) is 8.00. The van der Waals surface area contributed by atoms with E-state index >= 15 is 0 Å². The van der Waals surface area contributed by atoms with Gasteiger partial charge in [0.1, 0.15) is 17.3 Å². The van der Waals surface area contributed by atoms with Gasteiger partial charge < -0.3 is 9.72 Å². The molecule has 0 radical (unpaired) electrons. The summed E-state index contributed by atoms with van der Waals surface area (Å²) in [6.45, 7) is 0. The topological polar surface area (TPSA) is 93.9 Å². The Bertz CT molecular complexity index is 1090. The number of nitrogens with one attached hydrogen (secondary N) is 1. The van der Waals surface area contributed by atoms with Crippen molar-refractivity contribution in [2.24, 2.45) is 0 Å². The first kappa shape index (κ1) is 16.0. The number of pyridine rings is 1. The van der Waals surface area contributed by atoms with Gasteiger partial charge in [0, 0.05) is 28.8 Å². The van der Waals surface area contributed by atoms with Crippen LogP contribution in [-0.4, -0.2) is 19.9 Å². The van der Waals surface area contributed by atoms with Gasteiger partial charge in [-0.05, 0) is 36.4 Å². The summed E-state index contributed by atoms with van der Waals surface area (Å²) in [5.74, 6) is 1.66. The molecule has 0 amide bonds. The minimum atomic E-state index is -0.458. The molecule has 0 saturated heterocycles. The van der Waals surface area contributed by atoms with Crippen molar-refractivity contribution < 1.29 is 9.66 Å². The van der Waals surface area contributed by atoms with Crippen molar-refractivity contribution in [1.82, 2.24) is 15.0 Å². The van der Waals surface area contributed by atoms with Crippen molar-refractivity contribution in [2.75, 3.05) is 0 Å². The Hall–Kier alpha value is -3.45. The number of aromatic nitrogens is 3. The molecule has 0 atom stereocenters. The summed E-state index contributed by atoms with van der Waals surface area (Å²) in [7, 11) is 0. The van der Waals surface area contributed by atoms with Crippen molar-refractivity contribution >= 4 is 28.5 Å². The summed E-state index contributed by atoms with van der Waals surface area (Å²) >= 11 is 5.91. The zero-order valence-corrected chi connectivity index (χ0v) is 14.0. The monoisotopic (exact) mass is 366 g/mol. The number of nitro benzene ring substituents is 1. The van der Waals surface area contributed by atoms with Gasteiger partial charge in [0.25, 0.3) is 5.69 Å². The highest BCUT2D eigenvalue weighted by molar-refractivity contribution is 6.30. The molecule has 2 aromatic heterocycles. The third kappa shape index (κ3) is 3.20. The number of fused-ring (bicyclic) bond motifs is 1. The molecule has 0 aliphatic carbocycles. The predicted octanol–water partition coefficient (Wildman–Crippen LogP) is 4.98. The molecule has 7 nitrogen and oxygen atoms in total. The van der Waals surface area contributed by atoms with Gasteiger partial charge in [-0.3, -0.25) is 10.1 Å². The van der Waals surface area contributed by atoms with Gasteiger partial charge in [0.15, 0.2) is 5.65 Å². The summed E-state index contributed by atoms with van der Waals surface area (Å²) in [5.41, 5.74) is 2.18. The Morgan fingerprint density at radius 3 is 2.46 bits per heavy atom. The highest BCUT2D eigenvalue weighted by atomic mass is 35.5. The van der Waals surface area contributed by atoms with E-state index in [1.54, 1.807) is 24.4 Å². The quantitative estimate of drug-likeness (QED) is 0.406. The Labute approximate surface area is 152 Å². The van der Waals surface area contributed by atoms with Crippen molar-refractivity contribution in [3.05, 3.63) is 75.9 Å². The average molecular weight is 367 g/mol. The van der Waals surface area contributed by atoms with Crippen LogP contribution in [0.3, 0.4) is 0 Å². The number of nitro groups is 1. The maximum atomic E-state index is 10.7. The van der Waals surface area contributed by atoms with Gasteiger partial charge in [-0.2, -0.15) is 0 Å². The summed E-state index contributed by atoms with van der Waals surface area (Å²) in [6, 6.07) is 14.9. The number of H-pyrrole nitrogens is 1. The second-order valence-electron chi connectivity index (χ2n) is 5.49. The third-order valence-corrected chi connectivity index (χ3v) is 3.97. The summed E-state index contributed by atoms with van der Waals surface area (Å²) < 4.78 is 5.70. The lowest BCUT2D eigenvalue weighted by molar-refractivity contribution is -0.384. The number of rotatable bonds is 4. The van der Waals surface area contributed by atoms with Gasteiger partial charge in [0.2, 0.25) is 0 Å². The smallest absolute Gasteiger partial charge is 0.269 e. The number of ether oxygens (including phenoxy) is 1. The van der Waals surface area contributed by atoms with E-state index in [0.29, 0.717) is 28.0 Å². The second-order valence-corrected chi connectivity index (χ2v) is 5.92. The van der Waals surface area contributed by atoms with Gasteiger partial charge >= 0.3 is 0 Å². The molecule has 0 aliphatic heterocycles. The van der Waals surface area contributed by atoms with E-state index in [0.717, 1.165) is 11.1 Å². The largest absolute Gasteiger partial charge is 0.456 e. The van der Waals surface area contributed by atoms with E-state index in [1.165, 1.54) is 24.3 Å². The summed E-state index contributed by atoms with van der Waals surface area (Å²) in [5, 5.41) is 11.3. The number of non-ortho nitro benzene ring substituents is 1. The zero-order valence-electron chi connectivity index (χ0n) is 13.2. The molecule has 4 aromatic rings. The van der Waals surface area contributed by atoms with Gasteiger partial charge in [-0.25, -0.2) is 9.97 Å². The van der Waals surface area contributed by atoms with Crippen LogP contribution < -0.4 is 4.74 Å². The molecular weight excluding hydrogens is 356 g/mol. The van der Waals surface area contributed by atoms with Crippen LogP contribution in [0.25, 0.3) is 22.6 Å². The van der Waals surface area contributed by atoms with Crippen molar-refractivity contribution in [3.63, 3.8) is 0 Å². The van der Waals surface area contributed by atoms with E-state index in [1.807, 2.05) is 12.1 Å². The molecule has 2 aromatic carbocycles. The fourth-order valence-electron chi connectivity index (χ4n) is 2.45. The second kappa shape index (κ2) is 6.45. The third-order valence-electron chi connectivity index (χ3n) is 3.71. The normalized spacial score (nSPS) is 10.8. The lowest BCUT2D eigenvalue weighted by atomic mass is 10.2. The van der Waals surface area contributed by atoms with Crippen molar-refractivity contribution in [2.45, 2.75) is 0 Å². The highest BCUT2D eigenvalue weighted by Gasteiger charge is 2.09. The zero-order chi connectivity index (χ0) is 18.1. The van der Waals surface area contributed by atoms with E-state index in [-0.39, 0.29) is 5.69 Å². The lowest BCUT2D eigenvalue weighted by Crippen LogP contribution is -1.89. The van der Waals surface area contributed by atoms with Crippen LogP contribution in [0.4, 0.5) is 5.69 Å². The van der Waals surface area contributed by atoms with E-state index in [9.17, 15) is 10.1 Å². The Balaban J connectivity index is 1.61. The average Bonchev–Trinajstić information content (AvgIpc) is 3.06. The summed E-state index contributed by atoms with van der Waals surface area (Å²) in [4.78, 5) is 22.2. The van der Waals surface area contributed by atoms with E-state index in [4.69, 9.17) is 16.3 Å². The van der Waals surface area contributed by atoms with Crippen molar-refractivity contribution in [1.29, 1.82) is 0 Å². The van der Waals surface area contributed by atoms with E-state index in [2.05, 4.69) is 15.0 Å². The molecule has 0 fully saturated rings. The fraction of sp³-hybridized carbons (Fsp3) is 0. The van der Waals surface area contributed by atoms with Crippen LogP contribution in [0.5, 0.6) is 11.5 Å².